The highest BCUT2D eigenvalue weighted by molar-refractivity contribution is 6.43. The van der Waals surface area contributed by atoms with Gasteiger partial charge in [-0.3, -0.25) is 4.79 Å². The molecule has 2 heteroatoms. The van der Waals surface area contributed by atoms with Gasteiger partial charge in [-0.25, -0.2) is 0 Å². The predicted molar refractivity (Wildman–Crippen MR) is 49.1 cm³/mol. The number of ketones is 1. The Labute approximate surface area is 77.8 Å². The van der Waals surface area contributed by atoms with Crippen molar-refractivity contribution in [2.75, 3.05) is 0 Å². The molecule has 0 amide bonds. The summed E-state index contributed by atoms with van der Waals surface area (Å²) in [6.45, 7) is 0. The molecule has 1 fully saturated rings. The smallest absolute Gasteiger partial charge is 0.174 e. The third-order valence-corrected chi connectivity index (χ3v) is 3.44. The molecule has 0 aromatic heterocycles. The van der Waals surface area contributed by atoms with Crippen LogP contribution in [-0.4, -0.2) is 5.78 Å². The van der Waals surface area contributed by atoms with E-state index < -0.39 is 0 Å². The van der Waals surface area contributed by atoms with Gasteiger partial charge in [0.05, 0.1) is 5.03 Å². The topological polar surface area (TPSA) is 17.1 Å². The summed E-state index contributed by atoms with van der Waals surface area (Å²) in [5.41, 5.74) is 1.26. The molecule has 0 aliphatic heterocycles. The van der Waals surface area contributed by atoms with Crippen LogP contribution in [0.15, 0.2) is 10.6 Å². The molecule has 2 rings (SSSR count). The number of carbonyl (C=O) groups excluding carboxylic acids is 1. The molecule has 2 aliphatic carbocycles. The largest absolute Gasteiger partial charge is 0.293 e. The summed E-state index contributed by atoms with van der Waals surface area (Å²) < 4.78 is 0. The number of fused-ring (bicyclic) bond motifs is 1. The first-order valence-electron chi connectivity index (χ1n) is 4.71. The van der Waals surface area contributed by atoms with Gasteiger partial charge in [0.25, 0.3) is 0 Å². The van der Waals surface area contributed by atoms with Gasteiger partial charge in [0.15, 0.2) is 5.78 Å². The fraction of sp³-hybridized carbons (Fsp3) is 0.700. The Kier molecular flexibility index (Phi) is 2.22. The van der Waals surface area contributed by atoms with Gasteiger partial charge in [0.2, 0.25) is 0 Å². The van der Waals surface area contributed by atoms with Crippen molar-refractivity contribution in [3.8, 4) is 0 Å². The van der Waals surface area contributed by atoms with E-state index in [1.54, 1.807) is 0 Å². The predicted octanol–water partition coefficient (Wildman–Crippen LogP) is 3.03. The number of carbonyl (C=O) groups is 1. The van der Waals surface area contributed by atoms with Crippen molar-refractivity contribution in [1.29, 1.82) is 0 Å². The number of allylic oxidation sites excluding steroid dienone is 2. The lowest BCUT2D eigenvalue weighted by Gasteiger charge is -2.29. The third kappa shape index (κ3) is 1.31. The highest BCUT2D eigenvalue weighted by Crippen LogP contribution is 2.39. The molecule has 0 saturated heterocycles. The first kappa shape index (κ1) is 8.31. The molecule has 0 radical (unpaired) electrons. The van der Waals surface area contributed by atoms with Crippen molar-refractivity contribution in [1.82, 2.24) is 0 Å². The van der Waals surface area contributed by atoms with Crippen molar-refractivity contribution >= 4 is 17.4 Å². The minimum absolute atomic E-state index is 0.171. The van der Waals surface area contributed by atoms with Crippen LogP contribution in [0.4, 0.5) is 0 Å². The Bertz CT molecular complexity index is 242. The minimum Gasteiger partial charge on any atom is -0.293 e. The van der Waals surface area contributed by atoms with E-state index in [9.17, 15) is 4.79 Å². The Hall–Kier alpha value is -0.300. The van der Waals surface area contributed by atoms with Crippen molar-refractivity contribution < 1.29 is 4.79 Å². The van der Waals surface area contributed by atoms with Crippen molar-refractivity contribution in [3.05, 3.63) is 10.6 Å². The summed E-state index contributed by atoms with van der Waals surface area (Å²) in [7, 11) is 0. The van der Waals surface area contributed by atoms with Gasteiger partial charge in [-0.2, -0.15) is 0 Å². The fourth-order valence-electron chi connectivity index (χ4n) is 2.29. The van der Waals surface area contributed by atoms with E-state index in [4.69, 9.17) is 11.6 Å². The van der Waals surface area contributed by atoms with Gasteiger partial charge in [-0.1, -0.05) is 18.0 Å². The molecule has 1 nitrogen and oxygen atoms in total. The van der Waals surface area contributed by atoms with Crippen LogP contribution in [0.5, 0.6) is 0 Å². The Morgan fingerprint density at radius 1 is 1.17 bits per heavy atom. The van der Waals surface area contributed by atoms with Crippen molar-refractivity contribution in [2.45, 2.75) is 38.5 Å². The highest BCUT2D eigenvalue weighted by atomic mass is 35.5. The molecule has 0 aromatic carbocycles. The van der Waals surface area contributed by atoms with Crippen LogP contribution in [0.2, 0.25) is 0 Å². The van der Waals surface area contributed by atoms with Crippen LogP contribution < -0.4 is 0 Å². The van der Waals surface area contributed by atoms with Crippen molar-refractivity contribution in [3.63, 3.8) is 0 Å². The molecule has 0 heterocycles. The van der Waals surface area contributed by atoms with E-state index in [2.05, 4.69) is 0 Å². The van der Waals surface area contributed by atoms with E-state index >= 15 is 0 Å². The maximum Gasteiger partial charge on any atom is 0.174 e. The molecule has 12 heavy (non-hydrogen) atoms. The summed E-state index contributed by atoms with van der Waals surface area (Å²) in [6.07, 6.45) is 6.56. The molecule has 0 spiro atoms. The second kappa shape index (κ2) is 3.21. The number of halogens is 1. The van der Waals surface area contributed by atoms with E-state index in [1.165, 1.54) is 24.8 Å². The third-order valence-electron chi connectivity index (χ3n) is 2.99. The molecule has 0 N–H and O–H groups in total. The van der Waals surface area contributed by atoms with Crippen LogP contribution in [0, 0.1) is 5.92 Å². The van der Waals surface area contributed by atoms with Gasteiger partial charge in [-0.05, 0) is 37.2 Å². The van der Waals surface area contributed by atoms with E-state index in [1.807, 2.05) is 0 Å². The van der Waals surface area contributed by atoms with Gasteiger partial charge in [0.1, 0.15) is 0 Å². The second-order valence-corrected chi connectivity index (χ2v) is 4.12. The summed E-state index contributed by atoms with van der Waals surface area (Å²) in [5.74, 6) is 0.814. The quantitative estimate of drug-likeness (QED) is 0.566. The Balaban J connectivity index is 2.29. The van der Waals surface area contributed by atoms with Crippen LogP contribution in [0.3, 0.4) is 0 Å². The van der Waals surface area contributed by atoms with E-state index in [0.29, 0.717) is 17.4 Å². The fourth-order valence-corrected chi connectivity index (χ4v) is 2.63. The first-order valence-corrected chi connectivity index (χ1v) is 5.08. The van der Waals surface area contributed by atoms with E-state index in [0.717, 1.165) is 12.8 Å². The zero-order valence-corrected chi connectivity index (χ0v) is 7.86. The molecule has 1 saturated carbocycles. The monoisotopic (exact) mass is 184 g/mol. The molecule has 0 bridgehead atoms. The van der Waals surface area contributed by atoms with Gasteiger partial charge >= 0.3 is 0 Å². The minimum atomic E-state index is 0.171. The molecular formula is C10H13ClO. The van der Waals surface area contributed by atoms with Crippen LogP contribution in [0.25, 0.3) is 0 Å². The standard InChI is InChI=1S/C10H13ClO/c11-10-8-4-2-1-3-7(8)5-6-9(10)12/h7H,1-6H2. The zero-order valence-electron chi connectivity index (χ0n) is 7.11. The van der Waals surface area contributed by atoms with E-state index in [-0.39, 0.29) is 5.78 Å². The van der Waals surface area contributed by atoms with Crippen LogP contribution in [-0.2, 0) is 4.79 Å². The summed E-state index contributed by atoms with van der Waals surface area (Å²) in [4.78, 5) is 11.3. The molecular weight excluding hydrogens is 172 g/mol. The lowest BCUT2D eigenvalue weighted by atomic mass is 9.77. The SMILES string of the molecule is O=C1CCC2CCCCC2=C1Cl. The van der Waals surface area contributed by atoms with Crippen molar-refractivity contribution in [2.24, 2.45) is 5.92 Å². The molecule has 0 aromatic rings. The normalized spacial score (nSPS) is 30.4. The molecule has 66 valence electrons. The molecule has 1 atom stereocenters. The van der Waals surface area contributed by atoms with Gasteiger partial charge in [-0.15, -0.1) is 0 Å². The summed E-state index contributed by atoms with van der Waals surface area (Å²) in [6, 6.07) is 0. The average Bonchev–Trinajstić information content (AvgIpc) is 2.12. The number of rotatable bonds is 0. The average molecular weight is 185 g/mol. The highest BCUT2D eigenvalue weighted by Gasteiger charge is 2.28. The van der Waals surface area contributed by atoms with Crippen LogP contribution in [0.1, 0.15) is 38.5 Å². The first-order chi connectivity index (χ1) is 5.79. The van der Waals surface area contributed by atoms with Crippen LogP contribution >= 0.6 is 11.6 Å². The van der Waals surface area contributed by atoms with Gasteiger partial charge < -0.3 is 0 Å². The second-order valence-electron chi connectivity index (χ2n) is 3.74. The Morgan fingerprint density at radius 3 is 2.83 bits per heavy atom. The maximum absolute atomic E-state index is 11.3. The number of hydrogen-bond acceptors (Lipinski definition) is 1. The van der Waals surface area contributed by atoms with Gasteiger partial charge in [0, 0.05) is 6.42 Å². The lowest BCUT2D eigenvalue weighted by molar-refractivity contribution is -0.115. The number of Topliss-reactive ketones (excluding diaryl/α,β-unsaturated/α-hetero) is 1. The lowest BCUT2D eigenvalue weighted by Crippen LogP contribution is -2.20. The number of hydrogen-bond donors (Lipinski definition) is 0. The molecule has 2 aliphatic rings. The molecule has 1 unspecified atom stereocenters. The zero-order chi connectivity index (χ0) is 8.55. The Morgan fingerprint density at radius 2 is 2.00 bits per heavy atom. The summed E-state index contributed by atoms with van der Waals surface area (Å²) in [5, 5.41) is 0.575. The summed E-state index contributed by atoms with van der Waals surface area (Å²) >= 11 is 5.97. The maximum atomic E-state index is 11.3.